The van der Waals surface area contributed by atoms with Crippen LogP contribution in [0.2, 0.25) is 0 Å². The SMILES string of the molecule is Cc1ccc(-c2cc(-c3ccncc3)nc3ccccc23)cc1. The van der Waals surface area contributed by atoms with Crippen molar-refractivity contribution in [3.63, 3.8) is 0 Å². The molecule has 0 aliphatic heterocycles. The van der Waals surface area contributed by atoms with Crippen molar-refractivity contribution in [1.29, 1.82) is 0 Å². The largest absolute Gasteiger partial charge is 0.265 e. The average Bonchev–Trinajstić information content (AvgIpc) is 2.62. The highest BCUT2D eigenvalue weighted by atomic mass is 14.7. The van der Waals surface area contributed by atoms with E-state index in [0.717, 1.165) is 16.8 Å². The predicted molar refractivity (Wildman–Crippen MR) is 95.1 cm³/mol. The summed E-state index contributed by atoms with van der Waals surface area (Å²) in [4.78, 5) is 8.92. The summed E-state index contributed by atoms with van der Waals surface area (Å²) in [6.07, 6.45) is 3.61. The van der Waals surface area contributed by atoms with E-state index < -0.39 is 0 Å². The highest BCUT2D eigenvalue weighted by Crippen LogP contribution is 2.31. The van der Waals surface area contributed by atoms with Crippen LogP contribution in [0.15, 0.2) is 79.1 Å². The third-order valence-corrected chi connectivity index (χ3v) is 4.05. The fourth-order valence-electron chi connectivity index (χ4n) is 2.82. The molecule has 0 amide bonds. The first kappa shape index (κ1) is 13.6. The van der Waals surface area contributed by atoms with E-state index in [1.165, 1.54) is 22.1 Å². The lowest BCUT2D eigenvalue weighted by Gasteiger charge is -2.10. The number of aromatic nitrogens is 2. The van der Waals surface area contributed by atoms with Crippen molar-refractivity contribution in [3.05, 3.63) is 84.7 Å². The van der Waals surface area contributed by atoms with Gasteiger partial charge in [-0.2, -0.15) is 0 Å². The Labute approximate surface area is 135 Å². The van der Waals surface area contributed by atoms with E-state index in [1.807, 2.05) is 18.2 Å². The van der Waals surface area contributed by atoms with Gasteiger partial charge in [0.2, 0.25) is 0 Å². The molecule has 0 aliphatic rings. The molecule has 0 spiro atoms. The van der Waals surface area contributed by atoms with Crippen LogP contribution in [-0.4, -0.2) is 9.97 Å². The van der Waals surface area contributed by atoms with Gasteiger partial charge in [-0.1, -0.05) is 48.0 Å². The number of hydrogen-bond donors (Lipinski definition) is 0. The van der Waals surface area contributed by atoms with Crippen molar-refractivity contribution >= 4 is 10.9 Å². The molecule has 0 saturated carbocycles. The van der Waals surface area contributed by atoms with Crippen LogP contribution in [-0.2, 0) is 0 Å². The summed E-state index contributed by atoms with van der Waals surface area (Å²) in [5, 5.41) is 1.18. The van der Waals surface area contributed by atoms with Crippen LogP contribution in [0, 0.1) is 6.92 Å². The molecular weight excluding hydrogens is 280 g/mol. The zero-order valence-corrected chi connectivity index (χ0v) is 12.9. The fourth-order valence-corrected chi connectivity index (χ4v) is 2.82. The van der Waals surface area contributed by atoms with E-state index in [4.69, 9.17) is 4.98 Å². The number of rotatable bonds is 2. The molecule has 0 bridgehead atoms. The highest BCUT2D eigenvalue weighted by Gasteiger charge is 2.09. The Balaban J connectivity index is 2.00. The molecule has 0 radical (unpaired) electrons. The summed E-state index contributed by atoms with van der Waals surface area (Å²) in [5.74, 6) is 0. The van der Waals surface area contributed by atoms with Crippen molar-refractivity contribution in [2.45, 2.75) is 6.92 Å². The van der Waals surface area contributed by atoms with Gasteiger partial charge in [0.15, 0.2) is 0 Å². The lowest BCUT2D eigenvalue weighted by molar-refractivity contribution is 1.31. The van der Waals surface area contributed by atoms with Crippen molar-refractivity contribution in [3.8, 4) is 22.4 Å². The lowest BCUT2D eigenvalue weighted by atomic mass is 9.98. The summed E-state index contributed by atoms with van der Waals surface area (Å²) in [6, 6.07) is 23.1. The van der Waals surface area contributed by atoms with Crippen LogP contribution in [0.1, 0.15) is 5.56 Å². The molecule has 2 aromatic carbocycles. The fraction of sp³-hybridized carbons (Fsp3) is 0.0476. The first-order valence-electron chi connectivity index (χ1n) is 7.68. The van der Waals surface area contributed by atoms with E-state index in [1.54, 1.807) is 12.4 Å². The van der Waals surface area contributed by atoms with Crippen molar-refractivity contribution in [1.82, 2.24) is 9.97 Å². The number of benzene rings is 2. The van der Waals surface area contributed by atoms with Crippen LogP contribution in [0.5, 0.6) is 0 Å². The average molecular weight is 296 g/mol. The van der Waals surface area contributed by atoms with Gasteiger partial charge in [0.05, 0.1) is 11.2 Å². The molecule has 2 heterocycles. The molecule has 23 heavy (non-hydrogen) atoms. The minimum absolute atomic E-state index is 0.974. The summed E-state index contributed by atoms with van der Waals surface area (Å²) in [6.45, 7) is 2.11. The van der Waals surface area contributed by atoms with E-state index in [0.29, 0.717) is 0 Å². The first-order chi connectivity index (χ1) is 11.3. The van der Waals surface area contributed by atoms with E-state index >= 15 is 0 Å². The number of fused-ring (bicyclic) bond motifs is 1. The molecule has 110 valence electrons. The third-order valence-electron chi connectivity index (χ3n) is 4.05. The van der Waals surface area contributed by atoms with Crippen molar-refractivity contribution in [2.24, 2.45) is 0 Å². The second-order valence-corrected chi connectivity index (χ2v) is 5.67. The normalized spacial score (nSPS) is 10.8. The van der Waals surface area contributed by atoms with Gasteiger partial charge in [-0.25, -0.2) is 4.98 Å². The number of nitrogens with zero attached hydrogens (tertiary/aromatic N) is 2. The van der Waals surface area contributed by atoms with Crippen LogP contribution in [0.3, 0.4) is 0 Å². The summed E-state index contributed by atoms with van der Waals surface area (Å²) < 4.78 is 0. The summed E-state index contributed by atoms with van der Waals surface area (Å²) in [7, 11) is 0. The van der Waals surface area contributed by atoms with Gasteiger partial charge in [0.1, 0.15) is 0 Å². The van der Waals surface area contributed by atoms with E-state index in [9.17, 15) is 0 Å². The Morgan fingerprint density at radius 2 is 1.48 bits per heavy atom. The minimum atomic E-state index is 0.974. The maximum absolute atomic E-state index is 4.82. The predicted octanol–water partition coefficient (Wildman–Crippen LogP) is 5.27. The zero-order chi connectivity index (χ0) is 15.6. The van der Waals surface area contributed by atoms with Crippen LogP contribution in [0.4, 0.5) is 0 Å². The topological polar surface area (TPSA) is 25.8 Å². The van der Waals surface area contributed by atoms with Gasteiger partial charge in [0, 0.05) is 23.3 Å². The summed E-state index contributed by atoms with van der Waals surface area (Å²) >= 11 is 0. The molecule has 0 fully saturated rings. The molecule has 2 nitrogen and oxygen atoms in total. The van der Waals surface area contributed by atoms with Gasteiger partial charge in [-0.05, 0) is 42.3 Å². The molecule has 4 aromatic rings. The second kappa shape index (κ2) is 5.65. The van der Waals surface area contributed by atoms with Gasteiger partial charge in [-0.3, -0.25) is 4.98 Å². The molecule has 0 saturated heterocycles. The van der Waals surface area contributed by atoms with Crippen molar-refractivity contribution in [2.75, 3.05) is 0 Å². The van der Waals surface area contributed by atoms with Gasteiger partial charge < -0.3 is 0 Å². The van der Waals surface area contributed by atoms with Crippen molar-refractivity contribution < 1.29 is 0 Å². The van der Waals surface area contributed by atoms with Crippen LogP contribution in [0.25, 0.3) is 33.3 Å². The monoisotopic (exact) mass is 296 g/mol. The van der Waals surface area contributed by atoms with Gasteiger partial charge >= 0.3 is 0 Å². The standard InChI is InChI=1S/C21H16N2/c1-15-6-8-16(9-7-15)19-14-21(17-10-12-22-13-11-17)23-20-5-3-2-4-18(19)20/h2-14H,1H3. The molecule has 2 heteroatoms. The molecule has 2 aromatic heterocycles. The molecule has 0 aliphatic carbocycles. The Kier molecular flexibility index (Phi) is 3.35. The molecule has 0 N–H and O–H groups in total. The van der Waals surface area contributed by atoms with E-state index in [2.05, 4.69) is 60.4 Å². The van der Waals surface area contributed by atoms with Gasteiger partial charge in [-0.15, -0.1) is 0 Å². The Morgan fingerprint density at radius 1 is 0.739 bits per heavy atom. The number of pyridine rings is 2. The number of para-hydroxylation sites is 1. The Hall–Kier alpha value is -3.00. The smallest absolute Gasteiger partial charge is 0.0717 e. The number of aryl methyl sites for hydroxylation is 1. The van der Waals surface area contributed by atoms with Gasteiger partial charge in [0.25, 0.3) is 0 Å². The quantitative estimate of drug-likeness (QED) is 0.503. The molecule has 0 atom stereocenters. The third kappa shape index (κ3) is 2.59. The van der Waals surface area contributed by atoms with Crippen LogP contribution < -0.4 is 0 Å². The molecule has 4 rings (SSSR count). The minimum Gasteiger partial charge on any atom is -0.265 e. The maximum atomic E-state index is 4.82. The number of hydrogen-bond acceptors (Lipinski definition) is 2. The Bertz CT molecular complexity index is 958. The lowest BCUT2D eigenvalue weighted by Crippen LogP contribution is -1.90. The second-order valence-electron chi connectivity index (χ2n) is 5.67. The zero-order valence-electron chi connectivity index (χ0n) is 12.9. The molecular formula is C21H16N2. The molecule has 0 unspecified atom stereocenters. The Morgan fingerprint density at radius 3 is 2.26 bits per heavy atom. The maximum Gasteiger partial charge on any atom is 0.0717 e. The van der Waals surface area contributed by atoms with E-state index in [-0.39, 0.29) is 0 Å². The highest BCUT2D eigenvalue weighted by molar-refractivity contribution is 5.96. The first-order valence-corrected chi connectivity index (χ1v) is 7.68. The summed E-state index contributed by atoms with van der Waals surface area (Å²) in [5.41, 5.74) is 6.76. The van der Waals surface area contributed by atoms with Crippen LogP contribution >= 0.6 is 0 Å².